The molecule has 1 heterocycles. The summed E-state index contributed by atoms with van der Waals surface area (Å²) in [5.41, 5.74) is 0. The van der Waals surface area contributed by atoms with Crippen LogP contribution < -0.4 is 5.32 Å². The van der Waals surface area contributed by atoms with E-state index in [1.165, 1.54) is 4.31 Å². The molecule has 0 aliphatic carbocycles. The van der Waals surface area contributed by atoms with Gasteiger partial charge < -0.3 is 5.32 Å². The monoisotopic (exact) mass is 396 g/mol. The van der Waals surface area contributed by atoms with Crippen molar-refractivity contribution in [2.45, 2.75) is 17.9 Å². The van der Waals surface area contributed by atoms with Gasteiger partial charge in [0.2, 0.25) is 10.0 Å². The van der Waals surface area contributed by atoms with E-state index >= 15 is 0 Å². The first-order valence-corrected chi connectivity index (χ1v) is 8.62. The molecule has 1 atom stereocenters. The molecule has 1 saturated heterocycles. The first-order chi connectivity index (χ1) is 8.41. The van der Waals surface area contributed by atoms with Crippen molar-refractivity contribution in [1.82, 2.24) is 9.62 Å². The molecule has 0 spiro atoms. The second-order valence-electron chi connectivity index (χ2n) is 4.29. The molecule has 1 aliphatic rings. The van der Waals surface area contributed by atoms with Crippen LogP contribution in [0, 0.1) is 0 Å². The molecule has 0 saturated carbocycles. The van der Waals surface area contributed by atoms with E-state index in [1.54, 1.807) is 12.1 Å². The minimum Gasteiger partial charge on any atom is -0.312 e. The minimum atomic E-state index is -3.43. The van der Waals surface area contributed by atoms with E-state index < -0.39 is 10.0 Å². The number of sulfonamides is 1. The number of hydrogen-bond donors (Lipinski definition) is 1. The van der Waals surface area contributed by atoms with Gasteiger partial charge in [-0.1, -0.05) is 15.9 Å². The zero-order valence-electron chi connectivity index (χ0n) is 9.86. The van der Waals surface area contributed by atoms with Crippen molar-refractivity contribution in [3.8, 4) is 0 Å². The molecule has 1 aliphatic heterocycles. The first-order valence-electron chi connectivity index (χ1n) is 5.60. The molecule has 4 nitrogen and oxygen atoms in total. The van der Waals surface area contributed by atoms with Crippen molar-refractivity contribution in [1.29, 1.82) is 0 Å². The Bertz CT molecular complexity index is 548. The average Bonchev–Trinajstić information content (AvgIpc) is 2.32. The lowest BCUT2D eigenvalue weighted by Gasteiger charge is -2.31. The van der Waals surface area contributed by atoms with Crippen LogP contribution in [0.5, 0.6) is 0 Å². The summed E-state index contributed by atoms with van der Waals surface area (Å²) in [6.45, 7) is 3.68. The molecular weight excluding hydrogens is 384 g/mol. The summed E-state index contributed by atoms with van der Waals surface area (Å²) in [6, 6.07) is 5.36. The summed E-state index contributed by atoms with van der Waals surface area (Å²) in [6.07, 6.45) is 0. The number of benzene rings is 1. The number of nitrogens with zero attached hydrogens (tertiary/aromatic N) is 1. The standard InChI is InChI=1S/C11H14Br2N2O2S/c1-8-7-15(5-4-14-8)18(16,17)11-6-9(12)2-3-10(11)13/h2-3,6,8,14H,4-5,7H2,1H3. The van der Waals surface area contributed by atoms with E-state index in [9.17, 15) is 8.42 Å². The van der Waals surface area contributed by atoms with Crippen LogP contribution in [0.1, 0.15) is 6.92 Å². The fourth-order valence-corrected chi connectivity index (χ4v) is 4.92. The molecule has 0 aromatic heterocycles. The van der Waals surface area contributed by atoms with Gasteiger partial charge in [0.15, 0.2) is 0 Å². The molecule has 1 unspecified atom stereocenters. The Kier molecular flexibility index (Phi) is 4.48. The molecule has 2 rings (SSSR count). The molecule has 18 heavy (non-hydrogen) atoms. The predicted molar refractivity (Wildman–Crippen MR) is 78.1 cm³/mol. The van der Waals surface area contributed by atoms with Crippen molar-refractivity contribution in [2.75, 3.05) is 19.6 Å². The summed E-state index contributed by atoms with van der Waals surface area (Å²) in [5, 5.41) is 3.23. The highest BCUT2D eigenvalue weighted by Gasteiger charge is 2.29. The fourth-order valence-electron chi connectivity index (χ4n) is 1.93. The van der Waals surface area contributed by atoms with Crippen LogP contribution in [0.15, 0.2) is 32.0 Å². The van der Waals surface area contributed by atoms with Gasteiger partial charge in [-0.3, -0.25) is 0 Å². The molecule has 0 radical (unpaired) electrons. The van der Waals surface area contributed by atoms with E-state index in [2.05, 4.69) is 37.2 Å². The zero-order valence-corrected chi connectivity index (χ0v) is 13.8. The van der Waals surface area contributed by atoms with E-state index in [-0.39, 0.29) is 6.04 Å². The average molecular weight is 398 g/mol. The SMILES string of the molecule is CC1CN(S(=O)(=O)c2cc(Br)ccc2Br)CCN1. The van der Waals surface area contributed by atoms with E-state index in [1.807, 2.05) is 13.0 Å². The third kappa shape index (κ3) is 2.96. The Labute approximate surface area is 124 Å². The van der Waals surface area contributed by atoms with E-state index in [0.29, 0.717) is 29.0 Å². The molecule has 1 fully saturated rings. The number of rotatable bonds is 2. The lowest BCUT2D eigenvalue weighted by molar-refractivity contribution is 0.310. The molecule has 1 aromatic carbocycles. The number of halogens is 2. The van der Waals surface area contributed by atoms with Crippen LogP contribution in [-0.2, 0) is 10.0 Å². The van der Waals surface area contributed by atoms with Crippen molar-refractivity contribution in [3.05, 3.63) is 27.1 Å². The Morgan fingerprint density at radius 3 is 2.78 bits per heavy atom. The normalized spacial score (nSPS) is 22.1. The van der Waals surface area contributed by atoms with Crippen LogP contribution in [0.3, 0.4) is 0 Å². The molecule has 1 N–H and O–H groups in total. The third-order valence-electron chi connectivity index (χ3n) is 2.84. The highest BCUT2D eigenvalue weighted by Crippen LogP contribution is 2.28. The van der Waals surface area contributed by atoms with Crippen molar-refractivity contribution >= 4 is 41.9 Å². The molecule has 0 amide bonds. The lowest BCUT2D eigenvalue weighted by Crippen LogP contribution is -2.51. The highest BCUT2D eigenvalue weighted by atomic mass is 79.9. The van der Waals surface area contributed by atoms with Gasteiger partial charge in [-0.25, -0.2) is 8.42 Å². The van der Waals surface area contributed by atoms with Gasteiger partial charge >= 0.3 is 0 Å². The van der Waals surface area contributed by atoms with Crippen molar-refractivity contribution in [3.63, 3.8) is 0 Å². The predicted octanol–water partition coefficient (Wildman–Crippen LogP) is 2.19. The second kappa shape index (κ2) is 5.58. The maximum atomic E-state index is 12.6. The van der Waals surface area contributed by atoms with Gasteiger partial charge in [-0.05, 0) is 41.1 Å². The van der Waals surface area contributed by atoms with Crippen LogP contribution in [0.25, 0.3) is 0 Å². The summed E-state index contributed by atoms with van der Waals surface area (Å²) >= 11 is 6.61. The van der Waals surface area contributed by atoms with Gasteiger partial charge in [0.05, 0.1) is 4.90 Å². The number of hydrogen-bond acceptors (Lipinski definition) is 3. The molecule has 7 heteroatoms. The molecule has 0 bridgehead atoms. The van der Waals surface area contributed by atoms with Crippen molar-refractivity contribution in [2.24, 2.45) is 0 Å². The topological polar surface area (TPSA) is 49.4 Å². The Morgan fingerprint density at radius 2 is 2.11 bits per heavy atom. The Balaban J connectivity index is 2.38. The fraction of sp³-hybridized carbons (Fsp3) is 0.455. The third-order valence-corrected chi connectivity index (χ3v) is 6.19. The smallest absolute Gasteiger partial charge is 0.244 e. The minimum absolute atomic E-state index is 0.180. The number of piperazine rings is 1. The lowest BCUT2D eigenvalue weighted by atomic mass is 10.3. The van der Waals surface area contributed by atoms with Crippen molar-refractivity contribution < 1.29 is 8.42 Å². The first kappa shape index (κ1) is 14.5. The molecule has 100 valence electrons. The quantitative estimate of drug-likeness (QED) is 0.832. The van der Waals surface area contributed by atoms with Crippen LogP contribution >= 0.6 is 31.9 Å². The van der Waals surface area contributed by atoms with Crippen LogP contribution in [-0.4, -0.2) is 38.4 Å². The summed E-state index contributed by atoms with van der Waals surface area (Å²) in [5.74, 6) is 0. The van der Waals surface area contributed by atoms with Gasteiger partial charge in [-0.15, -0.1) is 0 Å². The Morgan fingerprint density at radius 1 is 1.39 bits per heavy atom. The maximum absolute atomic E-state index is 12.6. The van der Waals surface area contributed by atoms with Gasteiger partial charge in [0.25, 0.3) is 0 Å². The summed E-state index contributed by atoms with van der Waals surface area (Å²) in [7, 11) is -3.43. The van der Waals surface area contributed by atoms with Gasteiger partial charge in [-0.2, -0.15) is 4.31 Å². The Hall–Kier alpha value is 0.0500. The van der Waals surface area contributed by atoms with Gasteiger partial charge in [0, 0.05) is 34.6 Å². The van der Waals surface area contributed by atoms with Crippen LogP contribution in [0.2, 0.25) is 0 Å². The largest absolute Gasteiger partial charge is 0.312 e. The van der Waals surface area contributed by atoms with Gasteiger partial charge in [0.1, 0.15) is 0 Å². The highest BCUT2D eigenvalue weighted by molar-refractivity contribution is 9.11. The summed E-state index contributed by atoms with van der Waals surface area (Å²) < 4.78 is 28.0. The van der Waals surface area contributed by atoms with E-state index in [0.717, 1.165) is 4.47 Å². The second-order valence-corrected chi connectivity index (χ2v) is 7.97. The number of nitrogens with one attached hydrogen (secondary N) is 1. The van der Waals surface area contributed by atoms with E-state index in [4.69, 9.17) is 0 Å². The zero-order chi connectivity index (χ0) is 13.3. The molecular formula is C11H14Br2N2O2S. The van der Waals surface area contributed by atoms with Crippen LogP contribution in [0.4, 0.5) is 0 Å². The summed E-state index contributed by atoms with van der Waals surface area (Å²) in [4.78, 5) is 0.311. The molecule has 1 aromatic rings. The maximum Gasteiger partial charge on any atom is 0.244 e.